The number of epoxide rings is 1. The van der Waals surface area contributed by atoms with Crippen molar-refractivity contribution in [3.05, 3.63) is 35.9 Å². The maximum Gasteiger partial charge on any atom is 0.315 e. The number of quaternary nitrogens is 1. The zero-order valence-corrected chi connectivity index (χ0v) is 16.4. The monoisotopic (exact) mass is 370 g/mol. The molecule has 5 rings (SSSR count). The summed E-state index contributed by atoms with van der Waals surface area (Å²) in [7, 11) is 0. The fraction of sp³-hybridized carbons (Fsp3) is 0.696. The summed E-state index contributed by atoms with van der Waals surface area (Å²) < 4.78 is 11.9. The summed E-state index contributed by atoms with van der Waals surface area (Å²) in [6.07, 6.45) is 7.08. The third-order valence-electron chi connectivity index (χ3n) is 7.98. The lowest BCUT2D eigenvalue weighted by Crippen LogP contribution is -2.86. The van der Waals surface area contributed by atoms with Crippen LogP contribution in [0, 0.1) is 23.2 Å². The predicted molar refractivity (Wildman–Crippen MR) is 102 cm³/mol. The van der Waals surface area contributed by atoms with Gasteiger partial charge in [-0.2, -0.15) is 0 Å². The Hall–Kier alpha value is -1.39. The van der Waals surface area contributed by atoms with E-state index in [1.165, 1.54) is 24.8 Å². The summed E-state index contributed by atoms with van der Waals surface area (Å²) in [4.78, 5) is 12.6. The van der Waals surface area contributed by atoms with Gasteiger partial charge in [0, 0.05) is 12.3 Å². The Bertz CT molecular complexity index is 701. The molecule has 1 aromatic carbocycles. The van der Waals surface area contributed by atoms with E-state index in [9.17, 15) is 4.79 Å². The topological polar surface area (TPSA) is 55.4 Å². The molecule has 0 bridgehead atoms. The first-order chi connectivity index (χ1) is 13.1. The minimum atomic E-state index is 0.0500. The highest BCUT2D eigenvalue weighted by Gasteiger charge is 2.65. The normalized spacial score (nSPS) is 42.5. The first-order valence-corrected chi connectivity index (χ1v) is 10.8. The Morgan fingerprint density at radius 3 is 2.81 bits per heavy atom. The number of nitrogens with two attached hydrogens (primary N) is 1. The van der Waals surface area contributed by atoms with Crippen molar-refractivity contribution in [1.29, 1.82) is 0 Å². The Labute approximate surface area is 162 Å². The van der Waals surface area contributed by atoms with Gasteiger partial charge in [-0.3, -0.25) is 4.79 Å². The van der Waals surface area contributed by atoms with Gasteiger partial charge < -0.3 is 14.8 Å². The van der Waals surface area contributed by atoms with Gasteiger partial charge in [-0.25, -0.2) is 0 Å². The quantitative estimate of drug-likeness (QED) is 0.492. The van der Waals surface area contributed by atoms with Crippen LogP contribution in [0.3, 0.4) is 0 Å². The maximum absolute atomic E-state index is 12.6. The van der Waals surface area contributed by atoms with Gasteiger partial charge in [0.1, 0.15) is 12.0 Å². The van der Waals surface area contributed by atoms with E-state index in [-0.39, 0.29) is 23.6 Å². The number of hydrogen-bond donors (Lipinski definition) is 1. The molecule has 2 aliphatic heterocycles. The highest BCUT2D eigenvalue weighted by Crippen LogP contribution is 2.62. The first-order valence-electron chi connectivity index (χ1n) is 10.8. The van der Waals surface area contributed by atoms with Crippen LogP contribution in [0.25, 0.3) is 0 Å². The van der Waals surface area contributed by atoms with Crippen LogP contribution in [0.15, 0.2) is 30.3 Å². The van der Waals surface area contributed by atoms with Gasteiger partial charge in [0.05, 0.1) is 25.3 Å². The average Bonchev–Trinajstić information content (AvgIpc) is 3.36. The Balaban J connectivity index is 1.22. The molecule has 4 aliphatic rings. The molecule has 0 unspecified atom stereocenters. The largest absolute Gasteiger partial charge is 0.462 e. The molecule has 2 saturated heterocycles. The molecule has 1 aromatic rings. The summed E-state index contributed by atoms with van der Waals surface area (Å²) in [5.41, 5.74) is 1.80. The molecule has 27 heavy (non-hydrogen) atoms. The van der Waals surface area contributed by atoms with E-state index in [0.29, 0.717) is 17.3 Å². The van der Waals surface area contributed by atoms with Crippen molar-refractivity contribution in [2.24, 2.45) is 23.2 Å². The molecular weight excluding hydrogens is 338 g/mol. The smallest absolute Gasteiger partial charge is 0.315 e. The third kappa shape index (κ3) is 3.11. The van der Waals surface area contributed by atoms with E-state index in [1.807, 2.05) is 0 Å². The van der Waals surface area contributed by atoms with Gasteiger partial charge in [0.25, 0.3) is 0 Å². The van der Waals surface area contributed by atoms with Gasteiger partial charge in [-0.15, -0.1) is 0 Å². The van der Waals surface area contributed by atoms with Crippen LogP contribution >= 0.6 is 0 Å². The molecule has 6 atom stereocenters. The lowest BCUT2D eigenvalue weighted by molar-refractivity contribution is -0.658. The number of ether oxygens (including phenoxy) is 2. The van der Waals surface area contributed by atoms with Crippen LogP contribution in [0.5, 0.6) is 0 Å². The van der Waals surface area contributed by atoms with E-state index in [4.69, 9.17) is 9.47 Å². The van der Waals surface area contributed by atoms with Gasteiger partial charge in [0.2, 0.25) is 0 Å². The van der Waals surface area contributed by atoms with Crippen molar-refractivity contribution >= 4 is 5.97 Å². The molecule has 146 valence electrons. The molecule has 2 saturated carbocycles. The van der Waals surface area contributed by atoms with Crippen molar-refractivity contribution in [3.8, 4) is 0 Å². The van der Waals surface area contributed by atoms with Crippen LogP contribution in [0.1, 0.15) is 44.6 Å². The number of esters is 1. The molecule has 0 aromatic heterocycles. The number of carbonyl (C=O) groups excluding carboxylic acids is 1. The van der Waals surface area contributed by atoms with Crippen molar-refractivity contribution in [3.63, 3.8) is 0 Å². The summed E-state index contributed by atoms with van der Waals surface area (Å²) in [5.74, 6) is 1.12. The summed E-state index contributed by atoms with van der Waals surface area (Å²) >= 11 is 0. The lowest BCUT2D eigenvalue weighted by Gasteiger charge is -2.51. The Kier molecular flexibility index (Phi) is 4.32. The molecule has 4 nitrogen and oxygen atoms in total. The zero-order valence-electron chi connectivity index (χ0n) is 16.4. The Morgan fingerprint density at radius 1 is 1.22 bits per heavy atom. The number of rotatable bonds is 5. The molecule has 0 radical (unpaired) electrons. The third-order valence-corrected chi connectivity index (χ3v) is 7.98. The second kappa shape index (κ2) is 6.59. The zero-order chi connectivity index (χ0) is 18.5. The van der Waals surface area contributed by atoms with E-state index in [2.05, 4.69) is 42.6 Å². The minimum absolute atomic E-state index is 0.0500. The molecule has 1 spiro atoms. The molecule has 2 heterocycles. The fourth-order valence-corrected chi connectivity index (χ4v) is 6.44. The molecule has 4 heteroatoms. The number of fused-ring (bicyclic) bond motifs is 3. The van der Waals surface area contributed by atoms with Crippen molar-refractivity contribution in [2.45, 2.75) is 57.2 Å². The maximum atomic E-state index is 12.6. The molecule has 0 amide bonds. The van der Waals surface area contributed by atoms with Gasteiger partial charge in [-0.1, -0.05) is 37.3 Å². The van der Waals surface area contributed by atoms with Crippen molar-refractivity contribution < 1.29 is 19.6 Å². The highest BCUT2D eigenvalue weighted by atomic mass is 16.6. The number of carbonyl (C=O) groups is 1. The Morgan fingerprint density at radius 2 is 2.04 bits per heavy atom. The van der Waals surface area contributed by atoms with Crippen molar-refractivity contribution in [1.82, 2.24) is 0 Å². The summed E-state index contributed by atoms with van der Waals surface area (Å²) in [5, 5.41) is 2.32. The van der Waals surface area contributed by atoms with Crippen LogP contribution in [0.2, 0.25) is 0 Å². The SMILES string of the molecule is C[C@]12CCC[C@]3(CO3)[C@@H]1C[C@@H]1[C@H](C[NH2+]CCc3ccccc3)C(=O)O[C@@H]1C2. The van der Waals surface area contributed by atoms with E-state index in [1.54, 1.807) is 0 Å². The summed E-state index contributed by atoms with van der Waals surface area (Å²) in [6.45, 7) is 5.25. The van der Waals surface area contributed by atoms with Crippen LogP contribution in [0.4, 0.5) is 0 Å². The standard InChI is InChI=1S/C23H31NO3/c1-22-9-5-10-23(15-26-23)20(22)12-17-18(21(25)27-19(17)13-22)14-24-11-8-16-6-3-2-4-7-16/h2-4,6-7,17-20,24H,5,8-15H2,1H3/p+1/t17-,18+,19-,20-,22-,23+/m1/s1. The summed E-state index contributed by atoms with van der Waals surface area (Å²) in [6, 6.07) is 10.6. The van der Waals surface area contributed by atoms with Gasteiger partial charge in [0.15, 0.2) is 0 Å². The second-order valence-electron chi connectivity index (χ2n) is 9.65. The highest BCUT2D eigenvalue weighted by molar-refractivity contribution is 5.75. The van der Waals surface area contributed by atoms with Gasteiger partial charge in [-0.05, 0) is 49.0 Å². The number of hydrogen-bond acceptors (Lipinski definition) is 3. The molecule has 2 aliphatic carbocycles. The lowest BCUT2D eigenvalue weighted by atomic mass is 9.53. The fourth-order valence-electron chi connectivity index (χ4n) is 6.44. The van der Waals surface area contributed by atoms with E-state index >= 15 is 0 Å². The van der Waals surface area contributed by atoms with Gasteiger partial charge >= 0.3 is 5.97 Å². The van der Waals surface area contributed by atoms with E-state index < -0.39 is 0 Å². The second-order valence-corrected chi connectivity index (χ2v) is 9.65. The first kappa shape index (κ1) is 17.7. The number of benzene rings is 1. The molecule has 2 N–H and O–H groups in total. The van der Waals surface area contributed by atoms with Crippen molar-refractivity contribution in [2.75, 3.05) is 19.7 Å². The van der Waals surface area contributed by atoms with Crippen LogP contribution < -0.4 is 5.32 Å². The van der Waals surface area contributed by atoms with Crippen LogP contribution in [-0.2, 0) is 20.7 Å². The van der Waals surface area contributed by atoms with Crippen LogP contribution in [-0.4, -0.2) is 37.4 Å². The molecule has 4 fully saturated rings. The minimum Gasteiger partial charge on any atom is -0.462 e. The van der Waals surface area contributed by atoms with E-state index in [0.717, 1.165) is 39.0 Å². The predicted octanol–water partition coefficient (Wildman–Crippen LogP) is 2.32. The molecular formula is C23H32NO3+. The average molecular weight is 371 g/mol.